The molecule has 1 aliphatic heterocycles. The fraction of sp³-hybridized carbons (Fsp3) is 0.368. The van der Waals surface area contributed by atoms with Crippen molar-refractivity contribution < 1.29 is 14.6 Å². The summed E-state index contributed by atoms with van der Waals surface area (Å²) in [6, 6.07) is 7.02. The van der Waals surface area contributed by atoms with Crippen LogP contribution in [0.3, 0.4) is 0 Å². The number of nitrogens with zero attached hydrogens (tertiary/aromatic N) is 6. The zero-order valence-electron chi connectivity index (χ0n) is 15.8. The van der Waals surface area contributed by atoms with Gasteiger partial charge in [0.15, 0.2) is 0 Å². The number of aromatic nitrogens is 5. The van der Waals surface area contributed by atoms with E-state index in [1.54, 1.807) is 41.0 Å². The van der Waals surface area contributed by atoms with Gasteiger partial charge in [-0.1, -0.05) is 0 Å². The topological polar surface area (TPSA) is 98.3 Å². The first-order chi connectivity index (χ1) is 13.6. The number of ether oxygens (including phenoxy) is 1. The molecule has 3 aromatic heterocycles. The Balaban J connectivity index is 1.55. The SMILES string of the molecule is COc1ccc(C(=O)N2CCCn3nc([C@H](O)c4ccnn4C)cc3C2)cn1. The Morgan fingerprint density at radius 2 is 2.14 bits per heavy atom. The van der Waals surface area contributed by atoms with Gasteiger partial charge in [-0.3, -0.25) is 14.2 Å². The van der Waals surface area contributed by atoms with Crippen molar-refractivity contribution in [3.8, 4) is 5.88 Å². The molecule has 0 bridgehead atoms. The number of amides is 1. The lowest BCUT2D eigenvalue weighted by Crippen LogP contribution is -2.30. The Bertz CT molecular complexity index is 978. The highest BCUT2D eigenvalue weighted by Crippen LogP contribution is 2.23. The van der Waals surface area contributed by atoms with E-state index in [-0.39, 0.29) is 5.91 Å². The van der Waals surface area contributed by atoms with E-state index in [1.807, 2.05) is 10.7 Å². The van der Waals surface area contributed by atoms with Crippen LogP contribution in [-0.4, -0.2) is 54.1 Å². The summed E-state index contributed by atoms with van der Waals surface area (Å²) in [7, 11) is 3.32. The molecule has 0 fully saturated rings. The normalized spacial score (nSPS) is 15.0. The number of carbonyl (C=O) groups is 1. The summed E-state index contributed by atoms with van der Waals surface area (Å²) in [5, 5.41) is 19.3. The van der Waals surface area contributed by atoms with Crippen LogP contribution in [-0.2, 0) is 20.1 Å². The second kappa shape index (κ2) is 7.43. The monoisotopic (exact) mass is 382 g/mol. The molecule has 0 aromatic carbocycles. The van der Waals surface area contributed by atoms with E-state index in [0.29, 0.717) is 42.5 Å². The molecule has 0 saturated carbocycles. The van der Waals surface area contributed by atoms with Crippen LogP contribution in [0.25, 0.3) is 0 Å². The Labute approximate surface area is 162 Å². The Morgan fingerprint density at radius 3 is 2.82 bits per heavy atom. The van der Waals surface area contributed by atoms with E-state index >= 15 is 0 Å². The molecule has 1 amide bonds. The van der Waals surface area contributed by atoms with Gasteiger partial charge in [0, 0.05) is 38.6 Å². The van der Waals surface area contributed by atoms with Gasteiger partial charge < -0.3 is 14.7 Å². The zero-order chi connectivity index (χ0) is 19.7. The minimum absolute atomic E-state index is 0.0847. The first-order valence-corrected chi connectivity index (χ1v) is 9.08. The number of aryl methyl sites for hydroxylation is 2. The predicted octanol–water partition coefficient (Wildman–Crippen LogP) is 1.15. The molecule has 1 aliphatic rings. The van der Waals surface area contributed by atoms with Gasteiger partial charge in [-0.05, 0) is 24.6 Å². The third kappa shape index (κ3) is 3.36. The van der Waals surface area contributed by atoms with Gasteiger partial charge in [0.1, 0.15) is 6.10 Å². The van der Waals surface area contributed by atoms with Gasteiger partial charge in [-0.25, -0.2) is 4.98 Å². The molecule has 4 heterocycles. The summed E-state index contributed by atoms with van der Waals surface area (Å²) in [5.74, 6) is 0.387. The maximum Gasteiger partial charge on any atom is 0.255 e. The van der Waals surface area contributed by atoms with Crippen LogP contribution < -0.4 is 4.74 Å². The van der Waals surface area contributed by atoms with Crippen molar-refractivity contribution >= 4 is 5.91 Å². The van der Waals surface area contributed by atoms with E-state index in [9.17, 15) is 9.90 Å². The van der Waals surface area contributed by atoms with Crippen LogP contribution in [0.15, 0.2) is 36.7 Å². The minimum atomic E-state index is -0.859. The summed E-state index contributed by atoms with van der Waals surface area (Å²) < 4.78 is 8.54. The van der Waals surface area contributed by atoms with Crippen molar-refractivity contribution in [2.75, 3.05) is 13.7 Å². The second-order valence-corrected chi connectivity index (χ2v) is 6.74. The maximum absolute atomic E-state index is 12.9. The van der Waals surface area contributed by atoms with Crippen molar-refractivity contribution in [2.45, 2.75) is 25.6 Å². The van der Waals surface area contributed by atoms with Crippen molar-refractivity contribution in [2.24, 2.45) is 7.05 Å². The van der Waals surface area contributed by atoms with Crippen LogP contribution in [0.1, 0.15) is 40.0 Å². The maximum atomic E-state index is 12.9. The third-order valence-corrected chi connectivity index (χ3v) is 4.93. The van der Waals surface area contributed by atoms with E-state index in [2.05, 4.69) is 15.2 Å². The molecule has 0 unspecified atom stereocenters. The van der Waals surface area contributed by atoms with E-state index in [1.165, 1.54) is 13.3 Å². The molecule has 0 radical (unpaired) electrons. The average Bonchev–Trinajstić information content (AvgIpc) is 3.27. The Kier molecular flexibility index (Phi) is 4.82. The van der Waals surface area contributed by atoms with Gasteiger partial charge in [0.2, 0.25) is 5.88 Å². The number of aliphatic hydroxyl groups excluding tert-OH is 1. The summed E-state index contributed by atoms with van der Waals surface area (Å²) in [6.45, 7) is 1.75. The summed E-state index contributed by atoms with van der Waals surface area (Å²) in [4.78, 5) is 18.8. The van der Waals surface area contributed by atoms with Crippen LogP contribution in [0.5, 0.6) is 5.88 Å². The number of rotatable bonds is 4. The zero-order valence-corrected chi connectivity index (χ0v) is 15.8. The van der Waals surface area contributed by atoms with Gasteiger partial charge >= 0.3 is 0 Å². The molecule has 0 aliphatic carbocycles. The van der Waals surface area contributed by atoms with Crippen molar-refractivity contribution in [1.82, 2.24) is 29.4 Å². The van der Waals surface area contributed by atoms with E-state index in [4.69, 9.17) is 4.74 Å². The number of pyridine rings is 1. The van der Waals surface area contributed by atoms with Crippen molar-refractivity contribution in [1.29, 1.82) is 0 Å². The average molecular weight is 382 g/mol. The lowest BCUT2D eigenvalue weighted by molar-refractivity contribution is 0.0745. The van der Waals surface area contributed by atoms with Crippen LogP contribution >= 0.6 is 0 Å². The Hall–Kier alpha value is -3.20. The number of methoxy groups -OCH3 is 1. The smallest absolute Gasteiger partial charge is 0.255 e. The van der Waals surface area contributed by atoms with E-state index in [0.717, 1.165) is 12.1 Å². The summed E-state index contributed by atoms with van der Waals surface area (Å²) >= 11 is 0. The van der Waals surface area contributed by atoms with Crippen LogP contribution in [0.2, 0.25) is 0 Å². The van der Waals surface area contributed by atoms with E-state index < -0.39 is 6.10 Å². The first kappa shape index (κ1) is 18.2. The molecule has 146 valence electrons. The molecule has 0 saturated heterocycles. The molecule has 1 N–H and O–H groups in total. The van der Waals surface area contributed by atoms with Gasteiger partial charge in [0.25, 0.3) is 5.91 Å². The summed E-state index contributed by atoms with van der Waals surface area (Å²) in [5.41, 5.74) is 2.64. The molecular formula is C19H22N6O3. The predicted molar refractivity (Wildman–Crippen MR) is 99.6 cm³/mol. The molecule has 9 nitrogen and oxygen atoms in total. The molecule has 28 heavy (non-hydrogen) atoms. The molecule has 0 spiro atoms. The van der Waals surface area contributed by atoms with Gasteiger partial charge in [-0.2, -0.15) is 10.2 Å². The molecule has 3 aromatic rings. The van der Waals surface area contributed by atoms with Gasteiger partial charge in [-0.15, -0.1) is 0 Å². The Morgan fingerprint density at radius 1 is 1.29 bits per heavy atom. The summed E-state index contributed by atoms with van der Waals surface area (Å²) in [6.07, 6.45) is 3.09. The highest BCUT2D eigenvalue weighted by Gasteiger charge is 2.25. The molecule has 9 heteroatoms. The van der Waals surface area contributed by atoms with Gasteiger partial charge in [0.05, 0.1) is 36.3 Å². The first-order valence-electron chi connectivity index (χ1n) is 9.08. The second-order valence-electron chi connectivity index (χ2n) is 6.74. The number of aliphatic hydroxyl groups is 1. The van der Waals surface area contributed by atoms with Crippen molar-refractivity contribution in [3.05, 3.63) is 59.3 Å². The third-order valence-electron chi connectivity index (χ3n) is 4.93. The number of carbonyl (C=O) groups excluding carboxylic acids is 1. The number of hydrogen-bond donors (Lipinski definition) is 1. The largest absolute Gasteiger partial charge is 0.481 e. The standard InChI is InChI=1S/C19H22N6O3/c1-23-16(6-7-21-23)18(26)15-10-14-12-24(8-3-9-25(14)22-15)19(27)13-4-5-17(28-2)20-11-13/h4-7,10-11,18,26H,3,8-9,12H2,1-2H3/t18-/m0/s1. The molecular weight excluding hydrogens is 360 g/mol. The fourth-order valence-corrected chi connectivity index (χ4v) is 3.41. The van der Waals surface area contributed by atoms with Crippen LogP contribution in [0, 0.1) is 0 Å². The number of hydrogen-bond acceptors (Lipinski definition) is 6. The lowest BCUT2D eigenvalue weighted by Gasteiger charge is -2.20. The molecule has 1 atom stereocenters. The molecule has 4 rings (SSSR count). The minimum Gasteiger partial charge on any atom is -0.481 e. The lowest BCUT2D eigenvalue weighted by atomic mass is 10.1. The number of fused-ring (bicyclic) bond motifs is 1. The quantitative estimate of drug-likeness (QED) is 0.727. The highest BCUT2D eigenvalue weighted by atomic mass is 16.5. The highest BCUT2D eigenvalue weighted by molar-refractivity contribution is 5.93. The van der Waals surface area contributed by atoms with Crippen molar-refractivity contribution in [3.63, 3.8) is 0 Å². The fourth-order valence-electron chi connectivity index (χ4n) is 3.41. The van der Waals surface area contributed by atoms with Crippen LogP contribution in [0.4, 0.5) is 0 Å².